The van der Waals surface area contributed by atoms with Crippen molar-refractivity contribution in [2.75, 3.05) is 47.7 Å². The molecule has 1 amide bonds. The zero-order valence-electron chi connectivity index (χ0n) is 37.8. The Balaban J connectivity index is 0.000000171. The SMILES string of the molecule is Cc1c(N2CCC(C(N)c3ncco3)C2)c(F)cc2c(=O)n(N)c(=O)n(C3CC3)c12.Cc1c(N2CCC(C(NC(=O)OC(C)(C)C)c3ncco3)C2)c(F)cc2c(=O)n(N)c(=O)n(C3CC3)c12. The zero-order chi connectivity index (χ0) is 47.8. The summed E-state index contributed by atoms with van der Waals surface area (Å²) in [5.41, 5.74) is 5.69. The number of carbonyl (C=O) groups is 1. The number of alkyl carbamates (subject to hydrolysis) is 1. The third-order valence-electron chi connectivity index (χ3n) is 13.1. The Labute approximate surface area is 380 Å². The van der Waals surface area contributed by atoms with Crippen LogP contribution in [0.3, 0.4) is 0 Å². The summed E-state index contributed by atoms with van der Waals surface area (Å²) < 4.78 is 51.2. The van der Waals surface area contributed by atoms with Crippen molar-refractivity contribution >= 4 is 39.3 Å². The number of halogens is 2. The number of nitrogen functional groups attached to an aromatic ring is 2. The molecule has 4 atom stereocenters. The number of anilines is 2. The highest BCUT2D eigenvalue weighted by atomic mass is 19.1. The van der Waals surface area contributed by atoms with E-state index in [0.717, 1.165) is 32.1 Å². The van der Waals surface area contributed by atoms with E-state index in [1.807, 2.05) is 9.80 Å². The fourth-order valence-electron chi connectivity index (χ4n) is 9.79. The predicted molar refractivity (Wildman–Crippen MR) is 244 cm³/mol. The Hall–Kier alpha value is -6.97. The van der Waals surface area contributed by atoms with E-state index < -0.39 is 51.9 Å². The van der Waals surface area contributed by atoms with Gasteiger partial charge in [-0.15, -0.1) is 0 Å². The first-order valence-electron chi connectivity index (χ1n) is 22.4. The van der Waals surface area contributed by atoms with Gasteiger partial charge in [-0.2, -0.15) is 9.35 Å². The third kappa shape index (κ3) is 8.31. The molecule has 4 aromatic heterocycles. The summed E-state index contributed by atoms with van der Waals surface area (Å²) in [5, 5.41) is 3.06. The second-order valence-corrected chi connectivity index (χ2v) is 19.0. The minimum Gasteiger partial charge on any atom is -0.447 e. The Morgan fingerprint density at radius 1 is 0.746 bits per heavy atom. The van der Waals surface area contributed by atoms with E-state index in [1.54, 1.807) is 45.4 Å². The van der Waals surface area contributed by atoms with Crippen LogP contribution in [0.25, 0.3) is 21.8 Å². The molecule has 2 aliphatic heterocycles. The molecule has 10 rings (SSSR count). The lowest BCUT2D eigenvalue weighted by atomic mass is 9.99. The van der Waals surface area contributed by atoms with Gasteiger partial charge in [0.15, 0.2) is 0 Å². The number of oxazole rings is 2. The average Bonchev–Trinajstić information content (AvgIpc) is 3.93. The van der Waals surface area contributed by atoms with E-state index in [9.17, 15) is 24.0 Å². The van der Waals surface area contributed by atoms with E-state index in [2.05, 4.69) is 15.3 Å². The van der Waals surface area contributed by atoms with Crippen LogP contribution in [-0.4, -0.2) is 66.3 Å². The first kappa shape index (κ1) is 45.2. The van der Waals surface area contributed by atoms with Gasteiger partial charge in [-0.1, -0.05) is 0 Å². The monoisotopic (exact) mass is 928 g/mol. The van der Waals surface area contributed by atoms with Crippen LogP contribution >= 0.6 is 0 Å². The number of rotatable bonds is 9. The Kier molecular flexibility index (Phi) is 11.5. The van der Waals surface area contributed by atoms with E-state index >= 15 is 8.78 Å². The standard InChI is InChI=1S/C25H31FN6O5.C20H23FN6O3/c1-13-19-16(22(33)32(27)24(35)31(19)15-5-6-15)11-17(26)20(13)30-9-7-14(12-30)18(21-28-8-10-36-21)29-23(34)37-25(2,3)4;1-10-16-13(19(28)27(23)20(29)26(16)12-2-3-12)8-14(21)17(10)25-6-4-11(9-25)15(22)18-24-5-7-30-18/h8,10-11,14-15,18H,5-7,9,12,27H2,1-4H3,(H,29,34);5,7-8,11-12,15H,2-4,6,9,22-23H2,1H3. The normalized spacial score (nSPS) is 19.5. The number of carbonyl (C=O) groups excluding carboxylic acids is 1. The lowest BCUT2D eigenvalue weighted by molar-refractivity contribution is 0.0476. The number of nitrogens with one attached hydrogen (secondary N) is 1. The fourth-order valence-corrected chi connectivity index (χ4v) is 9.79. The smallest absolute Gasteiger partial charge is 0.408 e. The molecule has 6 aromatic rings. The Morgan fingerprint density at radius 2 is 1.19 bits per heavy atom. The minimum absolute atomic E-state index is 0.0165. The minimum atomic E-state index is -0.727. The maximum atomic E-state index is 15.6. The van der Waals surface area contributed by atoms with Gasteiger partial charge >= 0.3 is 17.5 Å². The van der Waals surface area contributed by atoms with Gasteiger partial charge in [0, 0.05) is 61.2 Å². The Morgan fingerprint density at radius 3 is 1.63 bits per heavy atom. The van der Waals surface area contributed by atoms with Crippen molar-refractivity contribution in [2.45, 2.75) is 103 Å². The number of hydrogen-bond acceptors (Lipinski definition) is 15. The highest BCUT2D eigenvalue weighted by Crippen LogP contribution is 2.42. The molecule has 4 fully saturated rings. The molecule has 2 aromatic carbocycles. The van der Waals surface area contributed by atoms with Crippen LogP contribution in [0.4, 0.5) is 25.0 Å². The van der Waals surface area contributed by atoms with Crippen LogP contribution in [-0.2, 0) is 4.74 Å². The van der Waals surface area contributed by atoms with Crippen molar-refractivity contribution in [2.24, 2.45) is 17.6 Å². The summed E-state index contributed by atoms with van der Waals surface area (Å²) in [6.07, 6.45) is 9.96. The molecular weight excluding hydrogens is 875 g/mol. The molecule has 4 aliphatic rings. The maximum Gasteiger partial charge on any atom is 0.408 e. The molecule has 0 bridgehead atoms. The third-order valence-corrected chi connectivity index (χ3v) is 13.1. The van der Waals surface area contributed by atoms with E-state index in [1.165, 1.54) is 35.4 Å². The van der Waals surface area contributed by atoms with Crippen LogP contribution in [0.15, 0.2) is 65.1 Å². The molecule has 6 heterocycles. The number of hydrogen-bond donors (Lipinski definition) is 4. The highest BCUT2D eigenvalue weighted by molar-refractivity contribution is 5.88. The van der Waals surface area contributed by atoms with Crippen molar-refractivity contribution in [1.29, 1.82) is 0 Å². The summed E-state index contributed by atoms with van der Waals surface area (Å²) >= 11 is 0. The van der Waals surface area contributed by atoms with Gasteiger partial charge in [0.05, 0.1) is 51.6 Å². The molecule has 67 heavy (non-hydrogen) atoms. The van der Waals surface area contributed by atoms with Crippen molar-refractivity contribution in [1.82, 2.24) is 33.8 Å². The number of benzene rings is 2. The molecule has 7 N–H and O–H groups in total. The molecule has 22 heteroatoms. The number of ether oxygens (including phenoxy) is 1. The van der Waals surface area contributed by atoms with E-state index in [0.29, 0.717) is 87.3 Å². The predicted octanol–water partition coefficient (Wildman–Crippen LogP) is 3.91. The lowest BCUT2D eigenvalue weighted by Gasteiger charge is -2.27. The second kappa shape index (κ2) is 17.0. The maximum absolute atomic E-state index is 15.6. The quantitative estimate of drug-likeness (QED) is 0.150. The van der Waals surface area contributed by atoms with Gasteiger partial charge in [0.25, 0.3) is 11.1 Å². The Bertz CT molecular complexity index is 3130. The lowest BCUT2D eigenvalue weighted by Crippen LogP contribution is -2.44. The van der Waals surface area contributed by atoms with Crippen LogP contribution in [0, 0.1) is 37.3 Å². The summed E-state index contributed by atoms with van der Waals surface area (Å²) in [7, 11) is 0. The number of aryl methyl sites for hydroxylation is 2. The number of nitrogens with zero attached hydrogens (tertiary/aromatic N) is 8. The number of aromatic nitrogens is 6. The summed E-state index contributed by atoms with van der Waals surface area (Å²) in [6.45, 7) is 10.8. The number of fused-ring (bicyclic) bond motifs is 2. The topological polar surface area (TPSA) is 263 Å². The van der Waals surface area contributed by atoms with Gasteiger partial charge in [-0.05, 0) is 85.3 Å². The highest BCUT2D eigenvalue weighted by Gasteiger charge is 2.39. The summed E-state index contributed by atoms with van der Waals surface area (Å²) in [5.74, 6) is 11.0. The number of nitrogens with two attached hydrogens (primary N) is 3. The second-order valence-electron chi connectivity index (χ2n) is 19.0. The summed E-state index contributed by atoms with van der Waals surface area (Å²) in [6, 6.07) is 1.30. The largest absolute Gasteiger partial charge is 0.447 e. The van der Waals surface area contributed by atoms with Crippen molar-refractivity contribution in [3.63, 3.8) is 0 Å². The van der Waals surface area contributed by atoms with Crippen LogP contribution in [0.2, 0.25) is 0 Å². The first-order chi connectivity index (χ1) is 31.8. The fraction of sp³-hybridized carbons (Fsp3) is 0.489. The molecular formula is C45H54F2N12O8. The van der Waals surface area contributed by atoms with Crippen molar-refractivity contribution in [3.8, 4) is 0 Å². The van der Waals surface area contributed by atoms with Crippen LogP contribution < -0.4 is 55.0 Å². The molecule has 4 unspecified atom stereocenters. The van der Waals surface area contributed by atoms with Crippen LogP contribution in [0.1, 0.15) is 106 Å². The van der Waals surface area contributed by atoms with Gasteiger partial charge in [-0.3, -0.25) is 18.7 Å². The van der Waals surface area contributed by atoms with Gasteiger partial charge in [0.1, 0.15) is 35.8 Å². The van der Waals surface area contributed by atoms with E-state index in [-0.39, 0.29) is 40.7 Å². The zero-order valence-corrected chi connectivity index (χ0v) is 37.8. The molecule has 356 valence electrons. The molecule has 2 saturated carbocycles. The van der Waals surface area contributed by atoms with Crippen LogP contribution in [0.5, 0.6) is 0 Å². The first-order valence-corrected chi connectivity index (χ1v) is 22.4. The number of amides is 1. The average molecular weight is 929 g/mol. The molecule has 2 aliphatic carbocycles. The van der Waals surface area contributed by atoms with Gasteiger partial charge in [-0.25, -0.2) is 33.1 Å². The van der Waals surface area contributed by atoms with Gasteiger partial charge in [0.2, 0.25) is 11.8 Å². The summed E-state index contributed by atoms with van der Waals surface area (Å²) in [4.78, 5) is 75.6. The molecule has 0 spiro atoms. The molecule has 0 radical (unpaired) electrons. The molecule has 20 nitrogen and oxygen atoms in total. The van der Waals surface area contributed by atoms with Crippen molar-refractivity contribution < 1.29 is 27.1 Å². The molecule has 2 saturated heterocycles. The van der Waals surface area contributed by atoms with Crippen molar-refractivity contribution in [3.05, 3.63) is 113 Å². The van der Waals surface area contributed by atoms with Gasteiger partial charge < -0.3 is 46.1 Å². The van der Waals surface area contributed by atoms with E-state index in [4.69, 9.17) is 31.0 Å².